The molecule has 0 atom stereocenters. The maximum atomic E-state index is 13.0. The molecule has 3 rings (SSSR count). The van der Waals surface area contributed by atoms with Gasteiger partial charge in [0.15, 0.2) is 5.78 Å². The molecule has 0 saturated carbocycles. The number of carbonyl (C=O) groups is 2. The van der Waals surface area contributed by atoms with Crippen LogP contribution in [0.25, 0.3) is 5.69 Å². The molecule has 168 valence electrons. The maximum absolute atomic E-state index is 13.0. The molecule has 0 radical (unpaired) electrons. The smallest absolute Gasteiger partial charge is 0.250 e. The Kier molecular flexibility index (Phi) is 6.68. The number of anilines is 2. The van der Waals surface area contributed by atoms with E-state index in [1.165, 1.54) is 0 Å². The molecule has 9 nitrogen and oxygen atoms in total. The van der Waals surface area contributed by atoms with E-state index < -0.39 is 11.6 Å². The van der Waals surface area contributed by atoms with E-state index in [0.29, 0.717) is 36.2 Å². The van der Waals surface area contributed by atoms with Gasteiger partial charge in [0, 0.05) is 56.2 Å². The molecule has 2 aromatic rings. The predicted octanol–water partition coefficient (Wildman–Crippen LogP) is 0.855. The average molecular weight is 428 g/mol. The molecule has 1 heterocycles. The van der Waals surface area contributed by atoms with Gasteiger partial charge >= 0.3 is 0 Å². The zero-order valence-corrected chi connectivity index (χ0v) is 18.9. The van der Waals surface area contributed by atoms with Crippen LogP contribution in [0.1, 0.15) is 32.8 Å². The number of benzene rings is 1. The third kappa shape index (κ3) is 4.43. The van der Waals surface area contributed by atoms with Gasteiger partial charge in [-0.2, -0.15) is 0 Å². The molecule has 1 aromatic heterocycles. The largest absolute Gasteiger partial charge is 0.386 e. The number of likely N-dealkylation sites (N-methyl/N-ethyl adjacent to an activating group) is 3. The molecular formula is C22H33N7O2. The van der Waals surface area contributed by atoms with E-state index in [0.717, 1.165) is 23.6 Å². The number of nitrogens with one attached hydrogen (secondary N) is 4. The van der Waals surface area contributed by atoms with Gasteiger partial charge in [-0.25, -0.2) is 0 Å². The second-order valence-corrected chi connectivity index (χ2v) is 8.17. The van der Waals surface area contributed by atoms with Crippen molar-refractivity contribution < 1.29 is 9.59 Å². The van der Waals surface area contributed by atoms with E-state index >= 15 is 0 Å². The lowest BCUT2D eigenvalue weighted by atomic mass is 9.86. The minimum absolute atomic E-state index is 0.0751. The van der Waals surface area contributed by atoms with E-state index in [4.69, 9.17) is 5.73 Å². The fourth-order valence-electron chi connectivity index (χ4n) is 4.10. The summed E-state index contributed by atoms with van der Waals surface area (Å²) in [6.07, 6.45) is 2.93. The summed E-state index contributed by atoms with van der Waals surface area (Å²) in [7, 11) is 9.51. The Balaban J connectivity index is 2.09. The summed E-state index contributed by atoms with van der Waals surface area (Å²) in [6.45, 7) is 1.48. The van der Waals surface area contributed by atoms with Crippen molar-refractivity contribution in [1.29, 1.82) is 0 Å². The van der Waals surface area contributed by atoms with Crippen molar-refractivity contribution in [3.05, 3.63) is 41.2 Å². The molecule has 1 aromatic carbocycles. The van der Waals surface area contributed by atoms with Crippen LogP contribution >= 0.6 is 0 Å². The lowest BCUT2D eigenvalue weighted by molar-refractivity contribution is 0.0902. The first-order valence-corrected chi connectivity index (χ1v) is 10.4. The highest BCUT2D eigenvalue weighted by Crippen LogP contribution is 2.36. The minimum atomic E-state index is -0.509. The minimum Gasteiger partial charge on any atom is -0.386 e. The maximum Gasteiger partial charge on any atom is 0.250 e. The van der Waals surface area contributed by atoms with Crippen LogP contribution in [0.2, 0.25) is 0 Å². The van der Waals surface area contributed by atoms with E-state index in [2.05, 4.69) is 26.2 Å². The molecule has 1 amide bonds. The number of ketones is 1. The van der Waals surface area contributed by atoms with Crippen LogP contribution in [0.15, 0.2) is 24.4 Å². The Labute approximate surface area is 183 Å². The molecule has 0 fully saturated rings. The first-order valence-electron chi connectivity index (χ1n) is 10.4. The van der Waals surface area contributed by atoms with Crippen LogP contribution in [0.3, 0.4) is 0 Å². The summed E-state index contributed by atoms with van der Waals surface area (Å²) in [5.41, 5.74) is 9.47. The highest BCUT2D eigenvalue weighted by molar-refractivity contribution is 6.04. The molecule has 1 aliphatic rings. The zero-order valence-electron chi connectivity index (χ0n) is 18.9. The van der Waals surface area contributed by atoms with Gasteiger partial charge in [-0.3, -0.25) is 9.59 Å². The van der Waals surface area contributed by atoms with Crippen LogP contribution in [0.5, 0.6) is 0 Å². The van der Waals surface area contributed by atoms with Gasteiger partial charge in [-0.05, 0) is 46.4 Å². The van der Waals surface area contributed by atoms with Gasteiger partial charge in [0.1, 0.15) is 0 Å². The molecule has 0 spiro atoms. The highest BCUT2D eigenvalue weighted by atomic mass is 16.1. The summed E-state index contributed by atoms with van der Waals surface area (Å²) in [6, 6.07) is 5.50. The number of amides is 1. The lowest BCUT2D eigenvalue weighted by Gasteiger charge is -2.36. The molecule has 0 unspecified atom stereocenters. The Morgan fingerprint density at radius 2 is 1.87 bits per heavy atom. The second-order valence-electron chi connectivity index (χ2n) is 8.17. The van der Waals surface area contributed by atoms with Crippen LogP contribution < -0.4 is 27.0 Å². The van der Waals surface area contributed by atoms with Crippen LogP contribution in [-0.4, -0.2) is 75.1 Å². The van der Waals surface area contributed by atoms with E-state index in [1.807, 2.05) is 58.1 Å². The molecule has 31 heavy (non-hydrogen) atoms. The fourth-order valence-corrected chi connectivity index (χ4v) is 4.10. The zero-order chi connectivity index (χ0) is 22.8. The van der Waals surface area contributed by atoms with Crippen LogP contribution in [-0.2, 0) is 6.42 Å². The average Bonchev–Trinajstić information content (AvgIpc) is 3.12. The molecular weight excluding hydrogens is 394 g/mol. The number of rotatable bonds is 9. The normalized spacial score (nSPS) is 15.1. The van der Waals surface area contributed by atoms with Crippen molar-refractivity contribution in [3.8, 4) is 5.69 Å². The van der Waals surface area contributed by atoms with E-state index in [-0.39, 0.29) is 5.78 Å². The SMILES string of the molecule is CNc1cn(-c2ccc(C(N)=O)c(NCCN(C)C)c2)c2c1C(=O)CC(NC)(NC)C2. The van der Waals surface area contributed by atoms with E-state index in [9.17, 15) is 9.59 Å². The summed E-state index contributed by atoms with van der Waals surface area (Å²) in [5.74, 6) is -0.407. The number of nitrogens with zero attached hydrogens (tertiary/aromatic N) is 2. The van der Waals surface area contributed by atoms with Crippen molar-refractivity contribution in [2.45, 2.75) is 18.5 Å². The highest BCUT2D eigenvalue weighted by Gasteiger charge is 2.39. The molecule has 9 heteroatoms. The Hall–Kier alpha value is -2.88. The van der Waals surface area contributed by atoms with Gasteiger partial charge in [0.25, 0.3) is 5.91 Å². The van der Waals surface area contributed by atoms with Crippen molar-refractivity contribution in [2.24, 2.45) is 5.73 Å². The van der Waals surface area contributed by atoms with Crippen LogP contribution in [0.4, 0.5) is 11.4 Å². The molecule has 0 bridgehead atoms. The molecule has 1 aliphatic carbocycles. The Morgan fingerprint density at radius 3 is 2.45 bits per heavy atom. The molecule has 6 N–H and O–H groups in total. The summed E-state index contributed by atoms with van der Waals surface area (Å²) in [5, 5.41) is 13.0. The number of hydrogen-bond donors (Lipinski definition) is 5. The summed E-state index contributed by atoms with van der Waals surface area (Å²) >= 11 is 0. The predicted molar refractivity (Wildman–Crippen MR) is 124 cm³/mol. The monoisotopic (exact) mass is 427 g/mol. The molecule has 0 aliphatic heterocycles. The van der Waals surface area contributed by atoms with Crippen LogP contribution in [0, 0.1) is 0 Å². The van der Waals surface area contributed by atoms with Gasteiger partial charge in [0.05, 0.1) is 22.5 Å². The van der Waals surface area contributed by atoms with Crippen molar-refractivity contribution >= 4 is 23.1 Å². The Bertz CT molecular complexity index is 976. The number of Topliss-reactive ketones (excluding diaryl/α,β-unsaturated/α-hetero) is 1. The van der Waals surface area contributed by atoms with Crippen molar-refractivity contribution in [3.63, 3.8) is 0 Å². The number of carbonyl (C=O) groups excluding carboxylic acids is 2. The standard InChI is InChI=1S/C22H33N7O2/c1-24-17-13-29(18-11-22(25-2,26-3)12-19(30)20(17)18)14-6-7-15(21(23)31)16(10-14)27-8-9-28(4)5/h6-7,10,13,24-27H,8-9,11-12H2,1-5H3,(H2,23,31). The van der Waals surface area contributed by atoms with E-state index in [1.54, 1.807) is 6.07 Å². The van der Waals surface area contributed by atoms with Gasteiger partial charge in [-0.1, -0.05) is 0 Å². The number of aromatic nitrogens is 1. The lowest BCUT2D eigenvalue weighted by Crippen LogP contribution is -2.58. The number of hydrogen-bond acceptors (Lipinski definition) is 7. The Morgan fingerprint density at radius 1 is 1.16 bits per heavy atom. The third-order valence-electron chi connectivity index (χ3n) is 5.96. The van der Waals surface area contributed by atoms with Crippen molar-refractivity contribution in [1.82, 2.24) is 20.1 Å². The van der Waals surface area contributed by atoms with Gasteiger partial charge < -0.3 is 36.5 Å². The van der Waals surface area contributed by atoms with Gasteiger partial charge in [0.2, 0.25) is 0 Å². The summed E-state index contributed by atoms with van der Waals surface area (Å²) < 4.78 is 2.02. The fraction of sp³-hybridized carbons (Fsp3) is 0.455. The third-order valence-corrected chi connectivity index (χ3v) is 5.96. The van der Waals surface area contributed by atoms with Gasteiger partial charge in [-0.15, -0.1) is 0 Å². The van der Waals surface area contributed by atoms with Crippen molar-refractivity contribution in [2.75, 3.05) is 59.0 Å². The second kappa shape index (κ2) is 9.09. The molecule has 0 saturated heterocycles. The first-order chi connectivity index (χ1) is 14.7. The quantitative estimate of drug-likeness (QED) is 0.377. The number of nitrogens with two attached hydrogens (primary N) is 1. The summed E-state index contributed by atoms with van der Waals surface area (Å²) in [4.78, 5) is 27.1. The topological polar surface area (TPSA) is 116 Å². The number of primary amides is 1. The number of fused-ring (bicyclic) bond motifs is 1. The first kappa shape index (κ1) is 22.8.